The van der Waals surface area contributed by atoms with Crippen LogP contribution in [0.5, 0.6) is 0 Å². The van der Waals surface area contributed by atoms with Gasteiger partial charge in [0.1, 0.15) is 11.9 Å². The second kappa shape index (κ2) is 6.47. The number of aryl methyl sites for hydroxylation is 3. The summed E-state index contributed by atoms with van der Waals surface area (Å²) in [5.41, 5.74) is 2.39. The van der Waals surface area contributed by atoms with Gasteiger partial charge in [0, 0.05) is 13.1 Å². The number of aromatic amines is 2. The van der Waals surface area contributed by atoms with Gasteiger partial charge in [0.15, 0.2) is 5.82 Å². The number of ether oxygens (including phenoxy) is 1. The second-order valence-corrected chi connectivity index (χ2v) is 5.73. The summed E-state index contributed by atoms with van der Waals surface area (Å²) in [4.78, 5) is 18.6. The maximum atomic E-state index is 12.3. The lowest BCUT2D eigenvalue weighted by molar-refractivity contribution is -0.119. The fourth-order valence-electron chi connectivity index (χ4n) is 2.62. The summed E-state index contributed by atoms with van der Waals surface area (Å²) in [7, 11) is 0. The lowest BCUT2D eigenvalue weighted by Crippen LogP contribution is -2.42. The first-order valence-corrected chi connectivity index (χ1v) is 7.57. The van der Waals surface area contributed by atoms with Gasteiger partial charge in [-0.2, -0.15) is 10.2 Å². The topological polar surface area (TPSA) is 112 Å². The van der Waals surface area contributed by atoms with E-state index in [1.807, 2.05) is 25.7 Å². The molecule has 3 heterocycles. The van der Waals surface area contributed by atoms with Crippen molar-refractivity contribution in [1.82, 2.24) is 30.3 Å². The van der Waals surface area contributed by atoms with E-state index in [1.165, 1.54) is 0 Å². The Bertz CT molecular complexity index is 674. The summed E-state index contributed by atoms with van der Waals surface area (Å²) in [6.45, 7) is 7.73. The van der Waals surface area contributed by atoms with E-state index in [9.17, 15) is 4.79 Å². The largest absolute Gasteiger partial charge is 0.367 e. The van der Waals surface area contributed by atoms with E-state index in [-0.39, 0.29) is 12.0 Å². The van der Waals surface area contributed by atoms with Crippen LogP contribution >= 0.6 is 0 Å². The fraction of sp³-hybridized carbons (Fsp3) is 0.571. The average molecular weight is 319 g/mol. The van der Waals surface area contributed by atoms with Crippen molar-refractivity contribution in [2.45, 2.75) is 26.9 Å². The molecule has 9 heteroatoms. The van der Waals surface area contributed by atoms with E-state index < -0.39 is 0 Å². The fourth-order valence-corrected chi connectivity index (χ4v) is 2.62. The van der Waals surface area contributed by atoms with Gasteiger partial charge in [-0.25, -0.2) is 4.98 Å². The minimum Gasteiger partial charge on any atom is -0.367 e. The SMILES string of the molecule is Cc1nc([C@H]2CN(CC(=O)Nc3c(C)n[nH]c3C)CCO2)n[nH]1. The molecule has 1 aliphatic heterocycles. The molecule has 0 bridgehead atoms. The number of nitrogens with zero attached hydrogens (tertiary/aromatic N) is 4. The molecule has 0 radical (unpaired) electrons. The Balaban J connectivity index is 1.58. The highest BCUT2D eigenvalue weighted by Gasteiger charge is 2.26. The van der Waals surface area contributed by atoms with Crippen LogP contribution in [0.2, 0.25) is 0 Å². The van der Waals surface area contributed by atoms with Crippen LogP contribution in [0.4, 0.5) is 5.69 Å². The lowest BCUT2D eigenvalue weighted by Gasteiger charge is -2.30. The minimum absolute atomic E-state index is 0.0654. The third kappa shape index (κ3) is 3.57. The summed E-state index contributed by atoms with van der Waals surface area (Å²) in [5, 5.41) is 16.8. The highest BCUT2D eigenvalue weighted by Crippen LogP contribution is 2.19. The number of carbonyl (C=O) groups excluding carboxylic acids is 1. The van der Waals surface area contributed by atoms with Crippen molar-refractivity contribution in [1.29, 1.82) is 0 Å². The van der Waals surface area contributed by atoms with Crippen molar-refractivity contribution < 1.29 is 9.53 Å². The summed E-state index contributed by atoms with van der Waals surface area (Å²) in [5.74, 6) is 1.32. The smallest absolute Gasteiger partial charge is 0.238 e. The number of anilines is 1. The third-order valence-electron chi connectivity index (χ3n) is 3.81. The maximum absolute atomic E-state index is 12.3. The van der Waals surface area contributed by atoms with Crippen molar-refractivity contribution in [3.05, 3.63) is 23.0 Å². The van der Waals surface area contributed by atoms with Gasteiger partial charge in [0.25, 0.3) is 0 Å². The average Bonchev–Trinajstić information content (AvgIpc) is 3.08. The Morgan fingerprint density at radius 1 is 1.35 bits per heavy atom. The monoisotopic (exact) mass is 319 g/mol. The Labute approximate surface area is 133 Å². The quantitative estimate of drug-likeness (QED) is 0.755. The van der Waals surface area contributed by atoms with Crippen molar-refractivity contribution in [3.8, 4) is 0 Å². The first kappa shape index (κ1) is 15.6. The molecule has 9 nitrogen and oxygen atoms in total. The molecule has 0 aliphatic carbocycles. The molecule has 2 aromatic heterocycles. The molecule has 23 heavy (non-hydrogen) atoms. The number of nitrogens with one attached hydrogen (secondary N) is 3. The summed E-state index contributed by atoms with van der Waals surface area (Å²) in [6, 6.07) is 0. The van der Waals surface area contributed by atoms with Crippen LogP contribution in [-0.4, -0.2) is 62.4 Å². The number of rotatable bonds is 4. The van der Waals surface area contributed by atoms with E-state index >= 15 is 0 Å². The maximum Gasteiger partial charge on any atom is 0.238 e. The molecule has 1 aliphatic rings. The number of hydrogen-bond donors (Lipinski definition) is 3. The summed E-state index contributed by atoms with van der Waals surface area (Å²) in [6.07, 6.45) is -0.209. The van der Waals surface area contributed by atoms with Crippen LogP contribution in [0.3, 0.4) is 0 Å². The third-order valence-corrected chi connectivity index (χ3v) is 3.81. The minimum atomic E-state index is -0.209. The predicted octanol–water partition coefficient (Wildman–Crippen LogP) is 0.465. The normalized spacial score (nSPS) is 19.0. The molecule has 0 aromatic carbocycles. The Morgan fingerprint density at radius 3 is 2.83 bits per heavy atom. The molecule has 3 N–H and O–H groups in total. The van der Waals surface area contributed by atoms with E-state index in [1.54, 1.807) is 0 Å². The summed E-state index contributed by atoms with van der Waals surface area (Å²) >= 11 is 0. The Hall–Kier alpha value is -2.26. The van der Waals surface area contributed by atoms with Crippen LogP contribution in [0.15, 0.2) is 0 Å². The van der Waals surface area contributed by atoms with Crippen molar-refractivity contribution in [3.63, 3.8) is 0 Å². The predicted molar refractivity (Wildman–Crippen MR) is 82.9 cm³/mol. The number of H-pyrrole nitrogens is 2. The van der Waals surface area contributed by atoms with Gasteiger partial charge >= 0.3 is 0 Å². The van der Waals surface area contributed by atoms with Gasteiger partial charge < -0.3 is 10.1 Å². The molecular weight excluding hydrogens is 298 g/mol. The molecule has 0 unspecified atom stereocenters. The number of morpholine rings is 1. The van der Waals surface area contributed by atoms with Crippen LogP contribution in [-0.2, 0) is 9.53 Å². The molecule has 0 spiro atoms. The summed E-state index contributed by atoms with van der Waals surface area (Å²) < 4.78 is 5.70. The molecule has 1 fully saturated rings. The highest BCUT2D eigenvalue weighted by molar-refractivity contribution is 5.93. The van der Waals surface area contributed by atoms with Gasteiger partial charge in [-0.3, -0.25) is 19.9 Å². The molecule has 124 valence electrons. The van der Waals surface area contributed by atoms with Crippen molar-refractivity contribution >= 4 is 11.6 Å². The zero-order valence-corrected chi connectivity index (χ0v) is 13.5. The van der Waals surface area contributed by atoms with Crippen LogP contribution < -0.4 is 5.32 Å². The molecule has 0 saturated carbocycles. The number of amides is 1. The number of aromatic nitrogens is 5. The van der Waals surface area contributed by atoms with Crippen LogP contribution in [0, 0.1) is 20.8 Å². The van der Waals surface area contributed by atoms with Crippen LogP contribution in [0.25, 0.3) is 0 Å². The van der Waals surface area contributed by atoms with E-state index in [0.717, 1.165) is 22.9 Å². The highest BCUT2D eigenvalue weighted by atomic mass is 16.5. The first-order valence-electron chi connectivity index (χ1n) is 7.57. The van der Waals surface area contributed by atoms with E-state index in [2.05, 4.69) is 30.7 Å². The van der Waals surface area contributed by atoms with Gasteiger partial charge in [-0.1, -0.05) is 0 Å². The van der Waals surface area contributed by atoms with Crippen molar-refractivity contribution in [2.24, 2.45) is 0 Å². The number of hydrogen-bond acceptors (Lipinski definition) is 6. The Morgan fingerprint density at radius 2 is 2.17 bits per heavy atom. The van der Waals surface area contributed by atoms with Crippen LogP contribution in [0.1, 0.15) is 29.1 Å². The van der Waals surface area contributed by atoms with Gasteiger partial charge in [-0.05, 0) is 20.8 Å². The molecule has 2 aromatic rings. The standard InChI is InChI=1S/C14H21N7O2/c1-8-13(9(2)18-17-8)16-12(22)7-21-4-5-23-11(6-21)14-15-10(3)19-20-14/h11H,4-7H2,1-3H3,(H,16,22)(H,17,18)(H,15,19,20)/t11-/m1/s1. The number of carbonyl (C=O) groups is 1. The zero-order chi connectivity index (χ0) is 16.4. The van der Waals surface area contributed by atoms with Gasteiger partial charge in [0.2, 0.25) is 5.91 Å². The van der Waals surface area contributed by atoms with E-state index in [4.69, 9.17) is 4.74 Å². The molecular formula is C14H21N7O2. The van der Waals surface area contributed by atoms with Gasteiger partial charge in [-0.15, -0.1) is 0 Å². The van der Waals surface area contributed by atoms with E-state index in [0.29, 0.717) is 32.1 Å². The molecule has 3 rings (SSSR count). The van der Waals surface area contributed by atoms with Crippen molar-refractivity contribution in [2.75, 3.05) is 31.6 Å². The molecule has 1 saturated heterocycles. The van der Waals surface area contributed by atoms with Gasteiger partial charge in [0.05, 0.1) is 30.2 Å². The Kier molecular flexibility index (Phi) is 4.39. The lowest BCUT2D eigenvalue weighted by atomic mass is 10.2. The second-order valence-electron chi connectivity index (χ2n) is 5.73. The molecule has 1 atom stereocenters. The zero-order valence-electron chi connectivity index (χ0n) is 13.5. The molecule has 1 amide bonds. The first-order chi connectivity index (χ1) is 11.0.